The van der Waals surface area contributed by atoms with Crippen molar-refractivity contribution >= 4 is 104 Å². The molecule has 2 bridgehead atoms. The molecule has 9 rings (SSSR count). The van der Waals surface area contributed by atoms with Gasteiger partial charge < -0.3 is 78.3 Å². The molecule has 2 aromatic heterocycles. The molecule has 0 spiro atoms. The number of halogens is 3. The van der Waals surface area contributed by atoms with E-state index in [0.29, 0.717) is 81.6 Å². The van der Waals surface area contributed by atoms with Crippen molar-refractivity contribution < 1.29 is 71.0 Å². The number of hydrogen-bond donors (Lipinski definition) is 12. The summed E-state index contributed by atoms with van der Waals surface area (Å²) in [5.41, 5.74) is 13.9. The maximum Gasteiger partial charge on any atom is 0.246 e. The molecule has 6 aromatic rings. The van der Waals surface area contributed by atoms with Crippen LogP contribution in [-0.4, -0.2) is 189 Å². The third-order valence-electron chi connectivity index (χ3n) is 18.2. The van der Waals surface area contributed by atoms with Crippen molar-refractivity contribution in [3.05, 3.63) is 137 Å². The monoisotopic (exact) mass is 1410 g/mol. The Morgan fingerprint density at radius 2 is 1.34 bits per heavy atom. The van der Waals surface area contributed by atoms with Crippen LogP contribution in [-0.2, 0) is 83.5 Å². The lowest BCUT2D eigenvalue weighted by molar-refractivity contribution is -0.147. The van der Waals surface area contributed by atoms with Crippen molar-refractivity contribution in [2.45, 2.75) is 150 Å². The average molecular weight is 1410 g/mol. The zero-order valence-corrected chi connectivity index (χ0v) is 56.7. The van der Waals surface area contributed by atoms with Crippen LogP contribution >= 0.6 is 23.5 Å². The van der Waals surface area contributed by atoms with Crippen molar-refractivity contribution in [1.82, 2.24) is 57.0 Å². The summed E-state index contributed by atoms with van der Waals surface area (Å²) in [6.45, 7) is 1.91. The second kappa shape index (κ2) is 34.1. The lowest BCUT2D eigenvalue weighted by Gasteiger charge is -2.37. The number of aromatic amines is 2. The molecule has 10 atom stereocenters. The Labute approximate surface area is 578 Å². The van der Waals surface area contributed by atoms with Crippen molar-refractivity contribution in [2.75, 3.05) is 44.8 Å². The van der Waals surface area contributed by atoms with E-state index < -0.39 is 157 Å². The van der Waals surface area contributed by atoms with Crippen molar-refractivity contribution in [3.63, 3.8) is 0 Å². The molecule has 99 heavy (non-hydrogen) atoms. The van der Waals surface area contributed by atoms with Crippen molar-refractivity contribution in [2.24, 2.45) is 11.5 Å². The van der Waals surface area contributed by atoms with Gasteiger partial charge in [0.2, 0.25) is 59.1 Å². The Balaban J connectivity index is 1.05. The summed E-state index contributed by atoms with van der Waals surface area (Å²) < 4.78 is 51.6. The summed E-state index contributed by atoms with van der Waals surface area (Å²) in [7, 11) is 1.25. The normalized spacial score (nSPS) is 24.7. The van der Waals surface area contributed by atoms with Gasteiger partial charge in [-0.2, -0.15) is 23.5 Å². The largest absolute Gasteiger partial charge is 0.508 e. The van der Waals surface area contributed by atoms with Crippen LogP contribution in [0.15, 0.2) is 97.3 Å². The first-order chi connectivity index (χ1) is 47.4. The second-order valence-electron chi connectivity index (χ2n) is 25.4. The second-order valence-corrected chi connectivity index (χ2v) is 27.5. The smallest absolute Gasteiger partial charge is 0.246 e. The van der Waals surface area contributed by atoms with Crippen LogP contribution in [0.5, 0.6) is 5.75 Å². The molecule has 3 aliphatic heterocycles. The number of phenolic OH excluding ortho intramolecular Hbond substituents is 1. The summed E-state index contributed by atoms with van der Waals surface area (Å²) in [4.78, 5) is 153. The Morgan fingerprint density at radius 1 is 0.717 bits per heavy atom. The maximum absolute atomic E-state index is 16.2. The van der Waals surface area contributed by atoms with Gasteiger partial charge in [-0.05, 0) is 129 Å². The number of nitrogens with two attached hydrogens (primary N) is 2. The Bertz CT molecular complexity index is 3940. The number of hydrogen-bond acceptors (Lipinski definition) is 15. The zero-order valence-electron chi connectivity index (χ0n) is 55.1. The molecule has 2 saturated heterocycles. The fourth-order valence-corrected chi connectivity index (χ4v) is 14.5. The minimum absolute atomic E-state index is 0.0207. The number of aromatic hydroxyl groups is 1. The van der Waals surface area contributed by atoms with Crippen LogP contribution in [0.3, 0.4) is 0 Å². The SMILES string of the molecule is CO[C@H](C)[C@@H]1NC(=O)[C@@H]2C[C@@H](F)CN2C(=O)[C@H](Cc2c[nH]c3ccc(F)cc23)NC(=O)[C@H](Cc2c[nH]c3ccc(F)cc23)NC(=O)CNC(=O)[C@H](CCCCN)NC(=O)CCSCc2cccc(c2)CSC[C@@H](C(N)=O)NC(=O)[C@]2(C)CCCN2C(=O)[C@H](Cc2ccc(O)cc2)NC1=O. The third kappa shape index (κ3) is 19.2. The van der Waals surface area contributed by atoms with Crippen molar-refractivity contribution in [3.8, 4) is 5.75 Å². The number of nitrogens with one attached hydrogen (secondary N) is 9. The molecule has 25 nitrogen and oxygen atoms in total. The summed E-state index contributed by atoms with van der Waals surface area (Å²) in [5.74, 6) is -8.36. The highest BCUT2D eigenvalue weighted by atomic mass is 32.2. The summed E-state index contributed by atoms with van der Waals surface area (Å²) in [6, 6.07) is 10.8. The van der Waals surface area contributed by atoms with E-state index in [4.69, 9.17) is 16.2 Å². The van der Waals surface area contributed by atoms with Gasteiger partial charge in [-0.15, -0.1) is 0 Å². The number of nitrogens with zero attached hydrogens (tertiary/aromatic N) is 2. The predicted molar refractivity (Wildman–Crippen MR) is 367 cm³/mol. The molecular weight excluding hydrogens is 1320 g/mol. The molecule has 0 aliphatic carbocycles. The molecule has 3 aliphatic rings. The maximum atomic E-state index is 16.2. The number of benzene rings is 4. The molecule has 4 aromatic carbocycles. The lowest BCUT2D eigenvalue weighted by atomic mass is 9.95. The number of rotatable bonds is 13. The number of primary amides is 1. The van der Waals surface area contributed by atoms with E-state index in [1.54, 1.807) is 0 Å². The number of fused-ring (bicyclic) bond motifs is 6. The van der Waals surface area contributed by atoms with Gasteiger partial charge in [-0.25, -0.2) is 13.2 Å². The number of thioether (sulfide) groups is 2. The Morgan fingerprint density at radius 3 is 1.99 bits per heavy atom. The molecule has 530 valence electrons. The Hall–Kier alpha value is -9.13. The van der Waals surface area contributed by atoms with Crippen LogP contribution < -0.4 is 48.7 Å². The predicted octanol–water partition coefficient (Wildman–Crippen LogP) is 3.23. The van der Waals surface area contributed by atoms with Gasteiger partial charge in [0.05, 0.1) is 19.2 Å². The van der Waals surface area contributed by atoms with E-state index in [1.165, 1.54) is 122 Å². The van der Waals surface area contributed by atoms with Gasteiger partial charge in [0.15, 0.2) is 0 Å². The van der Waals surface area contributed by atoms with Crippen LogP contribution in [0.25, 0.3) is 21.8 Å². The first-order valence-electron chi connectivity index (χ1n) is 32.8. The molecule has 0 unspecified atom stereocenters. The Kier molecular flexibility index (Phi) is 25.5. The minimum Gasteiger partial charge on any atom is -0.508 e. The fourth-order valence-electron chi connectivity index (χ4n) is 12.6. The van der Waals surface area contributed by atoms with E-state index in [-0.39, 0.29) is 50.2 Å². The van der Waals surface area contributed by atoms with Gasteiger partial charge in [0.1, 0.15) is 71.4 Å². The van der Waals surface area contributed by atoms with E-state index in [1.807, 2.05) is 24.3 Å². The molecule has 0 radical (unpaired) electrons. The van der Waals surface area contributed by atoms with E-state index in [0.717, 1.165) is 16.0 Å². The third-order valence-corrected chi connectivity index (χ3v) is 20.3. The first-order valence-corrected chi connectivity index (χ1v) is 35.1. The highest BCUT2D eigenvalue weighted by molar-refractivity contribution is 7.98. The minimum atomic E-state index is -1.85. The van der Waals surface area contributed by atoms with Gasteiger partial charge in [-0.1, -0.05) is 36.4 Å². The van der Waals surface area contributed by atoms with Gasteiger partial charge in [-0.3, -0.25) is 47.9 Å². The van der Waals surface area contributed by atoms with Crippen molar-refractivity contribution in [1.29, 1.82) is 0 Å². The quantitative estimate of drug-likeness (QED) is 0.0739. The number of carbonyl (C=O) groups is 10. The molecule has 5 heterocycles. The van der Waals surface area contributed by atoms with Gasteiger partial charge >= 0.3 is 0 Å². The van der Waals surface area contributed by atoms with Crippen LogP contribution in [0.1, 0.15) is 86.6 Å². The van der Waals surface area contributed by atoms with E-state index in [2.05, 4.69) is 47.2 Å². The van der Waals surface area contributed by atoms with Crippen LogP contribution in [0, 0.1) is 11.6 Å². The average Bonchev–Trinajstić information content (AvgIpc) is 1.70. The van der Waals surface area contributed by atoms with E-state index in [9.17, 15) is 47.4 Å². The van der Waals surface area contributed by atoms with Crippen LogP contribution in [0.2, 0.25) is 0 Å². The molecule has 2 fully saturated rings. The number of unbranched alkanes of at least 4 members (excludes halogenated alkanes) is 1. The lowest BCUT2D eigenvalue weighted by Crippen LogP contribution is -2.64. The fraction of sp³-hybridized carbons (Fsp3) is 0.449. The number of methoxy groups -OCH3 is 1. The summed E-state index contributed by atoms with van der Waals surface area (Å²) >= 11 is 2.81. The summed E-state index contributed by atoms with van der Waals surface area (Å²) in [6.07, 6.45) is -0.00842. The highest BCUT2D eigenvalue weighted by Gasteiger charge is 2.49. The number of carbonyl (C=O) groups excluding carboxylic acids is 10. The molecule has 14 N–H and O–H groups in total. The standard InChI is InChI=1S/C69H84F3N13O12S2/c1-38(97-3)60-65(93)81-54(25-39-11-15-47(86)16-12-39)67(95)85-22-7-20-69(85,2)68(96)82-56(61(74)89)37-99-36-41-9-6-8-40(24-41)35-98-23-19-58(87)78-52(10-4-5-21-73)62(90)77-33-59(88)79-53(26-42-31-75-50-17-13-44(70)28-48(42)50)63(91)80-55(27-43-32-76-51-18-14-45(71)29-49(43)51)66(94)84-34-46(72)30-57(84)64(92)83-60/h6,8-9,11-18,24,28-29,31-32,38,46,52-57,60,75-76,86H,4-5,7,10,19-23,25-27,30,33-37,73H2,1-3H3,(H2,74,89)(H,77,90)(H,78,87)(H,79,88)(H,80,91)(H,81,93)(H,82,96)(H,83,92)/t38-,46-,52+,53+,54+,55+,56+,57+,60+,69+/m1/s1. The van der Waals surface area contributed by atoms with Gasteiger partial charge in [0, 0.05) is 103 Å². The zero-order chi connectivity index (χ0) is 71.1. The molecule has 10 amide bonds. The number of alkyl halides is 1. The first kappa shape index (κ1) is 74.1. The number of aromatic nitrogens is 2. The number of ether oxygens (including phenoxy) is 1. The molecular formula is C69H84F3N13O12S2. The number of H-pyrrole nitrogens is 2. The summed E-state index contributed by atoms with van der Waals surface area (Å²) in [5, 5.41) is 29.7. The molecule has 0 saturated carbocycles. The molecule has 30 heteroatoms. The van der Waals surface area contributed by atoms with Crippen LogP contribution in [0.4, 0.5) is 13.2 Å². The topological polar surface area (TPSA) is 374 Å². The van der Waals surface area contributed by atoms with E-state index >= 15 is 18.8 Å². The van der Waals surface area contributed by atoms with Gasteiger partial charge in [0.25, 0.3) is 0 Å². The highest BCUT2D eigenvalue weighted by Crippen LogP contribution is 2.32. The number of amides is 10. The number of phenols is 1.